The summed E-state index contributed by atoms with van der Waals surface area (Å²) in [6, 6.07) is 9.27. The fraction of sp³-hybridized carbons (Fsp3) is 0.167. The Kier molecular flexibility index (Phi) is 4.29. The molecule has 1 aromatic heterocycles. The summed E-state index contributed by atoms with van der Waals surface area (Å²) in [5.74, 6) is 0. The van der Waals surface area contributed by atoms with Gasteiger partial charge in [-0.1, -0.05) is 29.3 Å². The van der Waals surface area contributed by atoms with E-state index in [-0.39, 0.29) is 6.61 Å². The van der Waals surface area contributed by atoms with Gasteiger partial charge in [0.15, 0.2) is 0 Å². The second kappa shape index (κ2) is 5.74. The van der Waals surface area contributed by atoms with E-state index in [0.717, 1.165) is 20.5 Å². The topological polar surface area (TPSA) is 32.3 Å². The zero-order valence-corrected chi connectivity index (χ0v) is 11.2. The predicted molar refractivity (Wildman–Crippen MR) is 74.0 cm³/mol. The van der Waals surface area contributed by atoms with E-state index >= 15 is 0 Å². The van der Waals surface area contributed by atoms with Gasteiger partial charge in [-0.25, -0.2) is 0 Å². The van der Waals surface area contributed by atoms with Crippen molar-refractivity contribution in [2.24, 2.45) is 0 Å². The maximum absolute atomic E-state index is 9.06. The standard InChI is InChI=1S/C12H11Cl2NOS/c13-10-3-1-8(7-16)5-11(10)15-6-9-2-4-12(14)17-9/h1-5,15-16H,6-7H2. The number of halogens is 2. The molecule has 0 unspecified atom stereocenters. The molecule has 0 saturated carbocycles. The molecule has 0 saturated heterocycles. The summed E-state index contributed by atoms with van der Waals surface area (Å²) in [5.41, 5.74) is 1.66. The summed E-state index contributed by atoms with van der Waals surface area (Å²) in [5, 5.41) is 12.9. The highest BCUT2D eigenvalue weighted by molar-refractivity contribution is 7.16. The predicted octanol–water partition coefficient (Wildman–Crippen LogP) is 4.16. The van der Waals surface area contributed by atoms with Gasteiger partial charge >= 0.3 is 0 Å². The van der Waals surface area contributed by atoms with Crippen LogP contribution in [0.4, 0.5) is 5.69 Å². The Labute approximate surface area is 114 Å². The SMILES string of the molecule is OCc1ccc(Cl)c(NCc2ccc(Cl)s2)c1. The molecule has 90 valence electrons. The largest absolute Gasteiger partial charge is 0.392 e. The summed E-state index contributed by atoms with van der Waals surface area (Å²) in [7, 11) is 0. The summed E-state index contributed by atoms with van der Waals surface area (Å²) in [6.07, 6.45) is 0. The number of thiophene rings is 1. The highest BCUT2D eigenvalue weighted by Gasteiger charge is 2.03. The normalized spacial score (nSPS) is 10.5. The van der Waals surface area contributed by atoms with E-state index in [1.807, 2.05) is 18.2 Å². The van der Waals surface area contributed by atoms with Gasteiger partial charge in [-0.3, -0.25) is 0 Å². The fourth-order valence-electron chi connectivity index (χ4n) is 1.44. The molecule has 1 aromatic carbocycles. The minimum absolute atomic E-state index is 0.0106. The number of hydrogen-bond donors (Lipinski definition) is 2. The maximum atomic E-state index is 9.06. The lowest BCUT2D eigenvalue weighted by atomic mass is 10.2. The van der Waals surface area contributed by atoms with Crippen LogP contribution in [-0.4, -0.2) is 5.11 Å². The Balaban J connectivity index is 2.07. The molecule has 2 rings (SSSR count). The van der Waals surface area contributed by atoms with E-state index in [1.165, 1.54) is 11.3 Å². The van der Waals surface area contributed by atoms with Gasteiger partial charge in [-0.15, -0.1) is 11.3 Å². The van der Waals surface area contributed by atoms with Crippen molar-refractivity contribution >= 4 is 40.2 Å². The van der Waals surface area contributed by atoms with Crippen molar-refractivity contribution in [3.8, 4) is 0 Å². The highest BCUT2D eigenvalue weighted by Crippen LogP contribution is 2.26. The highest BCUT2D eigenvalue weighted by atomic mass is 35.5. The zero-order chi connectivity index (χ0) is 12.3. The third-order valence-corrected chi connectivity index (χ3v) is 3.86. The third kappa shape index (κ3) is 3.36. The van der Waals surface area contributed by atoms with Gasteiger partial charge in [-0.05, 0) is 29.8 Å². The van der Waals surface area contributed by atoms with E-state index in [9.17, 15) is 0 Å². The van der Waals surface area contributed by atoms with Crippen LogP contribution in [0, 0.1) is 0 Å². The second-order valence-corrected chi connectivity index (χ2v) is 5.74. The molecule has 2 aromatic rings. The Hall–Kier alpha value is -0.740. The summed E-state index contributed by atoms with van der Waals surface area (Å²) in [4.78, 5) is 1.14. The molecule has 0 fully saturated rings. The minimum atomic E-state index is 0.0106. The molecule has 2 nitrogen and oxygen atoms in total. The number of aliphatic hydroxyl groups is 1. The smallest absolute Gasteiger partial charge is 0.0931 e. The molecule has 0 radical (unpaired) electrons. The number of benzene rings is 1. The first kappa shape index (κ1) is 12.7. The lowest BCUT2D eigenvalue weighted by Gasteiger charge is -2.08. The van der Waals surface area contributed by atoms with Crippen molar-refractivity contribution in [3.05, 3.63) is 50.1 Å². The molecule has 5 heteroatoms. The monoisotopic (exact) mass is 287 g/mol. The lowest BCUT2D eigenvalue weighted by molar-refractivity contribution is 0.282. The van der Waals surface area contributed by atoms with Crippen LogP contribution < -0.4 is 5.32 Å². The van der Waals surface area contributed by atoms with Crippen molar-refractivity contribution in [3.63, 3.8) is 0 Å². The quantitative estimate of drug-likeness (QED) is 0.885. The van der Waals surface area contributed by atoms with Gasteiger partial charge in [0, 0.05) is 11.4 Å². The fourth-order valence-corrected chi connectivity index (χ4v) is 2.65. The number of rotatable bonds is 4. The van der Waals surface area contributed by atoms with Crippen molar-refractivity contribution in [2.45, 2.75) is 13.2 Å². The molecule has 0 atom stereocenters. The molecular formula is C12H11Cl2NOS. The zero-order valence-electron chi connectivity index (χ0n) is 8.91. The third-order valence-electron chi connectivity index (χ3n) is 2.30. The van der Waals surface area contributed by atoms with Gasteiger partial charge in [0.25, 0.3) is 0 Å². The molecule has 0 bridgehead atoms. The number of hydrogen-bond acceptors (Lipinski definition) is 3. The molecule has 0 spiro atoms. The Morgan fingerprint density at radius 3 is 2.65 bits per heavy atom. The van der Waals surface area contributed by atoms with Gasteiger partial charge < -0.3 is 10.4 Å². The summed E-state index contributed by atoms with van der Waals surface area (Å²) >= 11 is 13.4. The van der Waals surface area contributed by atoms with E-state index in [1.54, 1.807) is 12.1 Å². The number of aliphatic hydroxyl groups excluding tert-OH is 1. The molecule has 2 N–H and O–H groups in total. The Morgan fingerprint density at radius 2 is 2.00 bits per heavy atom. The lowest BCUT2D eigenvalue weighted by Crippen LogP contribution is -1.99. The summed E-state index contributed by atoms with van der Waals surface area (Å²) in [6.45, 7) is 0.683. The van der Waals surface area contributed by atoms with Crippen LogP contribution in [0.25, 0.3) is 0 Å². The number of anilines is 1. The van der Waals surface area contributed by atoms with Gasteiger partial charge in [0.05, 0.1) is 21.7 Å². The van der Waals surface area contributed by atoms with Gasteiger partial charge in [0.1, 0.15) is 0 Å². The first-order valence-corrected chi connectivity index (χ1v) is 6.63. The van der Waals surface area contributed by atoms with E-state index in [4.69, 9.17) is 28.3 Å². The van der Waals surface area contributed by atoms with Crippen LogP contribution in [0.2, 0.25) is 9.36 Å². The van der Waals surface area contributed by atoms with Crippen LogP contribution in [0.5, 0.6) is 0 Å². The Morgan fingerprint density at radius 1 is 1.18 bits per heavy atom. The molecule has 17 heavy (non-hydrogen) atoms. The van der Waals surface area contributed by atoms with Crippen molar-refractivity contribution < 1.29 is 5.11 Å². The molecule has 0 aliphatic rings. The molecule has 0 aliphatic carbocycles. The maximum Gasteiger partial charge on any atom is 0.0931 e. The van der Waals surface area contributed by atoms with Crippen LogP contribution in [0.3, 0.4) is 0 Å². The van der Waals surface area contributed by atoms with Crippen LogP contribution >= 0.6 is 34.5 Å². The summed E-state index contributed by atoms with van der Waals surface area (Å²) < 4.78 is 0.775. The molecular weight excluding hydrogens is 277 g/mol. The van der Waals surface area contributed by atoms with Crippen LogP contribution in [0.1, 0.15) is 10.4 Å². The van der Waals surface area contributed by atoms with E-state index in [0.29, 0.717) is 11.6 Å². The average molecular weight is 288 g/mol. The minimum Gasteiger partial charge on any atom is -0.392 e. The van der Waals surface area contributed by atoms with Crippen molar-refractivity contribution in [1.29, 1.82) is 0 Å². The number of nitrogens with one attached hydrogen (secondary N) is 1. The average Bonchev–Trinajstić information content (AvgIpc) is 2.74. The second-order valence-electron chi connectivity index (χ2n) is 3.53. The van der Waals surface area contributed by atoms with E-state index in [2.05, 4.69) is 5.32 Å². The van der Waals surface area contributed by atoms with Crippen LogP contribution in [0.15, 0.2) is 30.3 Å². The molecule has 1 heterocycles. The Bertz CT molecular complexity index is 513. The first-order chi connectivity index (χ1) is 8.19. The van der Waals surface area contributed by atoms with E-state index < -0.39 is 0 Å². The van der Waals surface area contributed by atoms with Crippen molar-refractivity contribution in [1.82, 2.24) is 0 Å². The van der Waals surface area contributed by atoms with Gasteiger partial charge in [-0.2, -0.15) is 0 Å². The molecule has 0 amide bonds. The molecule has 0 aliphatic heterocycles. The van der Waals surface area contributed by atoms with Crippen LogP contribution in [-0.2, 0) is 13.2 Å². The first-order valence-electron chi connectivity index (χ1n) is 5.06. The van der Waals surface area contributed by atoms with Gasteiger partial charge in [0.2, 0.25) is 0 Å². The van der Waals surface area contributed by atoms with Crippen molar-refractivity contribution in [2.75, 3.05) is 5.32 Å².